The molecule has 0 atom stereocenters. The van der Waals surface area contributed by atoms with Crippen LogP contribution < -0.4 is 5.56 Å². The molecule has 0 N–H and O–H groups in total. The molecule has 0 aliphatic heterocycles. The van der Waals surface area contributed by atoms with Crippen molar-refractivity contribution < 1.29 is 0 Å². The summed E-state index contributed by atoms with van der Waals surface area (Å²) in [7, 11) is 3.95. The molecule has 1 heterocycles. The molecule has 3 rings (SSSR count). The summed E-state index contributed by atoms with van der Waals surface area (Å²) in [4.78, 5) is 19.6. The molecule has 134 valence electrons. The van der Waals surface area contributed by atoms with E-state index in [4.69, 9.17) is 23.2 Å². The highest BCUT2D eigenvalue weighted by Gasteiger charge is 2.09. The van der Waals surface area contributed by atoms with Gasteiger partial charge >= 0.3 is 0 Å². The average molecular weight is 388 g/mol. The standard InChI is InChI=1S/C20H19Cl2N3O/c1-24(2)11-12-25-19(10-8-14-7-9-15(21)13-17(14)22)23-18-6-4-3-5-16(18)20(25)26/h3-10,13H,11-12H2,1-2H3/b10-8+. The van der Waals surface area contributed by atoms with E-state index in [-0.39, 0.29) is 5.56 Å². The minimum Gasteiger partial charge on any atom is -0.308 e. The topological polar surface area (TPSA) is 38.1 Å². The lowest BCUT2D eigenvalue weighted by molar-refractivity contribution is 0.379. The highest BCUT2D eigenvalue weighted by Crippen LogP contribution is 2.22. The van der Waals surface area contributed by atoms with E-state index in [1.54, 1.807) is 22.8 Å². The molecule has 0 aliphatic carbocycles. The molecule has 0 bridgehead atoms. The van der Waals surface area contributed by atoms with Crippen LogP contribution in [0, 0.1) is 0 Å². The van der Waals surface area contributed by atoms with Crippen molar-refractivity contribution in [3.63, 3.8) is 0 Å². The van der Waals surface area contributed by atoms with Crippen LogP contribution in [0.25, 0.3) is 23.1 Å². The number of para-hydroxylation sites is 1. The Labute approximate surface area is 162 Å². The molecule has 6 heteroatoms. The van der Waals surface area contributed by atoms with E-state index in [1.807, 2.05) is 55.4 Å². The van der Waals surface area contributed by atoms with Crippen molar-refractivity contribution in [2.24, 2.45) is 0 Å². The van der Waals surface area contributed by atoms with Crippen molar-refractivity contribution in [2.45, 2.75) is 6.54 Å². The summed E-state index contributed by atoms with van der Waals surface area (Å²) in [6.07, 6.45) is 3.67. The summed E-state index contributed by atoms with van der Waals surface area (Å²) < 4.78 is 1.70. The largest absolute Gasteiger partial charge is 0.308 e. The Morgan fingerprint density at radius 2 is 1.88 bits per heavy atom. The van der Waals surface area contributed by atoms with Gasteiger partial charge in [-0.15, -0.1) is 0 Å². The Kier molecular flexibility index (Phi) is 5.77. The Balaban J connectivity index is 2.09. The maximum Gasteiger partial charge on any atom is 0.261 e. The van der Waals surface area contributed by atoms with Crippen molar-refractivity contribution in [1.82, 2.24) is 14.5 Å². The van der Waals surface area contributed by atoms with Gasteiger partial charge in [0, 0.05) is 23.1 Å². The van der Waals surface area contributed by atoms with Gasteiger partial charge < -0.3 is 4.90 Å². The molecule has 3 aromatic rings. The fourth-order valence-corrected chi connectivity index (χ4v) is 3.10. The maximum atomic E-state index is 12.9. The summed E-state index contributed by atoms with van der Waals surface area (Å²) >= 11 is 12.2. The quantitative estimate of drug-likeness (QED) is 0.649. The van der Waals surface area contributed by atoms with Crippen LogP contribution in [-0.2, 0) is 6.54 Å². The van der Waals surface area contributed by atoms with E-state index in [1.165, 1.54) is 0 Å². The number of rotatable bonds is 5. The van der Waals surface area contributed by atoms with E-state index < -0.39 is 0 Å². The zero-order valence-corrected chi connectivity index (χ0v) is 16.1. The van der Waals surface area contributed by atoms with Gasteiger partial charge in [-0.3, -0.25) is 9.36 Å². The van der Waals surface area contributed by atoms with Crippen LogP contribution >= 0.6 is 23.2 Å². The third-order valence-electron chi connectivity index (χ3n) is 4.04. The summed E-state index contributed by atoms with van der Waals surface area (Å²) in [6.45, 7) is 1.29. The van der Waals surface area contributed by atoms with Crippen LogP contribution in [0.2, 0.25) is 10.0 Å². The molecule has 26 heavy (non-hydrogen) atoms. The van der Waals surface area contributed by atoms with Gasteiger partial charge in [0.15, 0.2) is 0 Å². The SMILES string of the molecule is CN(C)CCn1c(/C=C/c2ccc(Cl)cc2Cl)nc2ccccc2c1=O. The second kappa shape index (κ2) is 8.04. The molecule has 0 aliphatic rings. The summed E-state index contributed by atoms with van der Waals surface area (Å²) in [5.41, 5.74) is 1.46. The predicted molar refractivity (Wildman–Crippen MR) is 110 cm³/mol. The van der Waals surface area contributed by atoms with E-state index in [9.17, 15) is 4.79 Å². The molecular formula is C20H19Cl2N3O. The minimum absolute atomic E-state index is 0.0423. The predicted octanol–water partition coefficient (Wildman–Crippen LogP) is 4.44. The van der Waals surface area contributed by atoms with Gasteiger partial charge in [-0.25, -0.2) is 4.98 Å². The molecular weight excluding hydrogens is 369 g/mol. The van der Waals surface area contributed by atoms with Gasteiger partial charge in [0.2, 0.25) is 0 Å². The smallest absolute Gasteiger partial charge is 0.261 e. The normalized spacial score (nSPS) is 11.7. The van der Waals surface area contributed by atoms with Crippen molar-refractivity contribution in [1.29, 1.82) is 0 Å². The van der Waals surface area contributed by atoms with E-state index in [0.29, 0.717) is 33.3 Å². The van der Waals surface area contributed by atoms with Gasteiger partial charge in [0.05, 0.1) is 10.9 Å². The maximum absolute atomic E-state index is 12.9. The van der Waals surface area contributed by atoms with Crippen LogP contribution in [0.1, 0.15) is 11.4 Å². The number of hydrogen-bond acceptors (Lipinski definition) is 3. The Hall–Kier alpha value is -2.14. The zero-order valence-electron chi connectivity index (χ0n) is 14.6. The van der Waals surface area contributed by atoms with E-state index >= 15 is 0 Å². The van der Waals surface area contributed by atoms with E-state index in [0.717, 1.165) is 12.1 Å². The highest BCUT2D eigenvalue weighted by molar-refractivity contribution is 6.35. The van der Waals surface area contributed by atoms with Crippen LogP contribution in [-0.4, -0.2) is 35.1 Å². The molecule has 0 saturated carbocycles. The Morgan fingerprint density at radius 1 is 1.12 bits per heavy atom. The number of halogens is 2. The molecule has 4 nitrogen and oxygen atoms in total. The van der Waals surface area contributed by atoms with E-state index in [2.05, 4.69) is 4.98 Å². The minimum atomic E-state index is -0.0423. The molecule has 0 unspecified atom stereocenters. The van der Waals surface area contributed by atoms with Crippen molar-refractivity contribution >= 4 is 46.3 Å². The number of hydrogen-bond donors (Lipinski definition) is 0. The lowest BCUT2D eigenvalue weighted by Crippen LogP contribution is -2.29. The lowest BCUT2D eigenvalue weighted by Gasteiger charge is -2.14. The summed E-state index contributed by atoms with van der Waals surface area (Å²) in [5.74, 6) is 0.599. The zero-order chi connectivity index (χ0) is 18.7. The van der Waals surface area contributed by atoms with Crippen LogP contribution in [0.15, 0.2) is 47.3 Å². The molecule has 0 radical (unpaired) electrons. The Morgan fingerprint density at radius 3 is 2.62 bits per heavy atom. The third-order valence-corrected chi connectivity index (χ3v) is 4.60. The second-order valence-electron chi connectivity index (χ2n) is 6.25. The number of fused-ring (bicyclic) bond motifs is 1. The molecule has 2 aromatic carbocycles. The monoisotopic (exact) mass is 387 g/mol. The van der Waals surface area contributed by atoms with Gasteiger partial charge in [-0.1, -0.05) is 41.4 Å². The number of likely N-dealkylation sites (N-methyl/N-ethyl adjacent to an activating group) is 1. The number of benzene rings is 2. The first-order chi connectivity index (χ1) is 12.5. The second-order valence-corrected chi connectivity index (χ2v) is 7.09. The molecule has 0 fully saturated rings. The van der Waals surface area contributed by atoms with Crippen LogP contribution in [0.5, 0.6) is 0 Å². The van der Waals surface area contributed by atoms with Gasteiger partial charge in [-0.2, -0.15) is 0 Å². The fourth-order valence-electron chi connectivity index (χ4n) is 2.63. The summed E-state index contributed by atoms with van der Waals surface area (Å²) in [6, 6.07) is 12.7. The van der Waals surface area contributed by atoms with Crippen LogP contribution in [0.3, 0.4) is 0 Å². The van der Waals surface area contributed by atoms with Gasteiger partial charge in [0.1, 0.15) is 5.82 Å². The number of aromatic nitrogens is 2. The third kappa shape index (κ3) is 4.15. The van der Waals surface area contributed by atoms with Crippen molar-refractivity contribution in [3.05, 3.63) is 74.3 Å². The first-order valence-electron chi connectivity index (χ1n) is 8.23. The highest BCUT2D eigenvalue weighted by atomic mass is 35.5. The van der Waals surface area contributed by atoms with Gasteiger partial charge in [-0.05, 0) is 56.1 Å². The van der Waals surface area contributed by atoms with Gasteiger partial charge in [0.25, 0.3) is 5.56 Å². The first kappa shape index (κ1) is 18.6. The molecule has 0 spiro atoms. The molecule has 1 aromatic heterocycles. The van der Waals surface area contributed by atoms with Crippen molar-refractivity contribution in [3.8, 4) is 0 Å². The average Bonchev–Trinajstić information content (AvgIpc) is 2.60. The molecule has 0 amide bonds. The number of nitrogens with zero attached hydrogens (tertiary/aromatic N) is 3. The molecule has 0 saturated heterocycles. The summed E-state index contributed by atoms with van der Waals surface area (Å²) in [5, 5.41) is 1.75. The fraction of sp³-hybridized carbons (Fsp3) is 0.200. The first-order valence-corrected chi connectivity index (χ1v) is 8.99. The Bertz CT molecular complexity index is 1030. The van der Waals surface area contributed by atoms with Crippen LogP contribution in [0.4, 0.5) is 0 Å². The lowest BCUT2D eigenvalue weighted by atomic mass is 10.2. The van der Waals surface area contributed by atoms with Crippen molar-refractivity contribution in [2.75, 3.05) is 20.6 Å².